The molecule has 1 heterocycles. The summed E-state index contributed by atoms with van der Waals surface area (Å²) >= 11 is 6.26. The van der Waals surface area contributed by atoms with E-state index in [1.54, 1.807) is 7.11 Å². The average Bonchev–Trinajstić information content (AvgIpc) is 2.83. The first-order valence-corrected chi connectivity index (χ1v) is 11.3. The number of benzene rings is 3. The van der Waals surface area contributed by atoms with Gasteiger partial charge in [0.25, 0.3) is 5.91 Å². The highest BCUT2D eigenvalue weighted by molar-refractivity contribution is 6.31. The number of nitrogens with zero attached hydrogens (tertiary/aromatic N) is 1. The van der Waals surface area contributed by atoms with Gasteiger partial charge >= 0.3 is 0 Å². The van der Waals surface area contributed by atoms with Crippen LogP contribution in [0, 0.1) is 5.92 Å². The van der Waals surface area contributed by atoms with E-state index in [0.29, 0.717) is 36.5 Å². The molecule has 4 rings (SSSR count). The van der Waals surface area contributed by atoms with Crippen LogP contribution in [0.1, 0.15) is 41.7 Å². The first kappa shape index (κ1) is 22.2. The third-order valence-electron chi connectivity index (χ3n) is 6.22. The van der Waals surface area contributed by atoms with Gasteiger partial charge < -0.3 is 15.0 Å². The fourth-order valence-corrected chi connectivity index (χ4v) is 4.69. The van der Waals surface area contributed by atoms with Crippen LogP contribution >= 0.6 is 11.6 Å². The van der Waals surface area contributed by atoms with Crippen molar-refractivity contribution in [3.63, 3.8) is 0 Å². The third-order valence-corrected chi connectivity index (χ3v) is 6.56. The molecule has 0 radical (unpaired) electrons. The van der Waals surface area contributed by atoms with E-state index in [-0.39, 0.29) is 23.8 Å². The SMILES string of the molecule is COc1ccc(C(=O)N2CCC(C(=O)N[C@@H](C)c3ccccc3Cl)CC2)c2ccccc12. The zero-order valence-electron chi connectivity index (χ0n) is 18.3. The Labute approximate surface area is 193 Å². The highest BCUT2D eigenvalue weighted by Crippen LogP contribution is 2.30. The number of ether oxygens (including phenoxy) is 1. The van der Waals surface area contributed by atoms with Crippen molar-refractivity contribution in [1.82, 2.24) is 10.2 Å². The van der Waals surface area contributed by atoms with E-state index >= 15 is 0 Å². The van der Waals surface area contributed by atoms with Crippen LogP contribution in [0.2, 0.25) is 5.02 Å². The van der Waals surface area contributed by atoms with Gasteiger partial charge in [-0.15, -0.1) is 0 Å². The summed E-state index contributed by atoms with van der Waals surface area (Å²) in [4.78, 5) is 27.9. The van der Waals surface area contributed by atoms with E-state index in [1.165, 1.54) is 0 Å². The average molecular weight is 451 g/mol. The summed E-state index contributed by atoms with van der Waals surface area (Å²) < 4.78 is 5.44. The number of amides is 2. The van der Waals surface area contributed by atoms with Gasteiger partial charge in [-0.2, -0.15) is 0 Å². The maximum atomic E-state index is 13.3. The van der Waals surface area contributed by atoms with Gasteiger partial charge in [-0.3, -0.25) is 9.59 Å². The van der Waals surface area contributed by atoms with E-state index in [0.717, 1.165) is 22.1 Å². The summed E-state index contributed by atoms with van der Waals surface area (Å²) in [7, 11) is 1.63. The molecule has 6 heteroatoms. The molecule has 1 aliphatic rings. The topological polar surface area (TPSA) is 58.6 Å². The van der Waals surface area contributed by atoms with Gasteiger partial charge in [0.2, 0.25) is 5.91 Å². The molecule has 0 saturated carbocycles. The van der Waals surface area contributed by atoms with Crippen LogP contribution in [-0.2, 0) is 4.79 Å². The Kier molecular flexibility index (Phi) is 6.66. The fourth-order valence-electron chi connectivity index (χ4n) is 4.39. The summed E-state index contributed by atoms with van der Waals surface area (Å²) in [6.07, 6.45) is 1.28. The smallest absolute Gasteiger partial charge is 0.254 e. The van der Waals surface area contributed by atoms with E-state index < -0.39 is 0 Å². The van der Waals surface area contributed by atoms with Crippen molar-refractivity contribution in [2.75, 3.05) is 20.2 Å². The van der Waals surface area contributed by atoms with Crippen molar-refractivity contribution in [3.05, 3.63) is 76.8 Å². The number of carbonyl (C=O) groups is 2. The van der Waals surface area contributed by atoms with E-state index in [2.05, 4.69) is 5.32 Å². The van der Waals surface area contributed by atoms with Crippen molar-refractivity contribution in [3.8, 4) is 5.75 Å². The normalized spacial score (nSPS) is 15.4. The van der Waals surface area contributed by atoms with Gasteiger partial charge in [-0.25, -0.2) is 0 Å². The molecule has 5 nitrogen and oxygen atoms in total. The van der Waals surface area contributed by atoms with Crippen LogP contribution in [0.25, 0.3) is 10.8 Å². The molecule has 1 N–H and O–H groups in total. The molecule has 2 amide bonds. The lowest BCUT2D eigenvalue weighted by Gasteiger charge is -2.32. The molecule has 1 atom stereocenters. The van der Waals surface area contributed by atoms with Crippen molar-refractivity contribution < 1.29 is 14.3 Å². The third kappa shape index (κ3) is 4.44. The molecule has 32 heavy (non-hydrogen) atoms. The zero-order valence-corrected chi connectivity index (χ0v) is 19.1. The minimum atomic E-state index is -0.165. The molecule has 0 bridgehead atoms. The maximum absolute atomic E-state index is 13.3. The number of fused-ring (bicyclic) bond motifs is 1. The van der Waals surface area contributed by atoms with Gasteiger partial charge in [0.1, 0.15) is 5.75 Å². The lowest BCUT2D eigenvalue weighted by Crippen LogP contribution is -2.43. The number of carbonyl (C=O) groups excluding carboxylic acids is 2. The molecule has 1 aliphatic heterocycles. The Balaban J connectivity index is 1.41. The highest BCUT2D eigenvalue weighted by Gasteiger charge is 2.29. The summed E-state index contributed by atoms with van der Waals surface area (Å²) in [6, 6.07) is 18.8. The fraction of sp³-hybridized carbons (Fsp3) is 0.308. The number of nitrogens with one attached hydrogen (secondary N) is 1. The predicted molar refractivity (Wildman–Crippen MR) is 127 cm³/mol. The Morgan fingerprint density at radius 3 is 2.34 bits per heavy atom. The summed E-state index contributed by atoms with van der Waals surface area (Å²) in [6.45, 7) is 3.04. The molecular formula is C26H27ClN2O3. The van der Waals surface area contributed by atoms with Crippen molar-refractivity contribution >= 4 is 34.2 Å². The van der Waals surface area contributed by atoms with Crippen LogP contribution in [0.3, 0.4) is 0 Å². The summed E-state index contributed by atoms with van der Waals surface area (Å²) in [5.41, 5.74) is 1.57. The first-order chi connectivity index (χ1) is 15.5. The minimum Gasteiger partial charge on any atom is -0.496 e. The number of likely N-dealkylation sites (tertiary alicyclic amines) is 1. The second-order valence-electron chi connectivity index (χ2n) is 8.18. The lowest BCUT2D eigenvalue weighted by molar-refractivity contribution is -0.126. The van der Waals surface area contributed by atoms with Gasteiger partial charge in [-0.05, 0) is 48.9 Å². The highest BCUT2D eigenvalue weighted by atomic mass is 35.5. The standard InChI is InChI=1S/C26H27ClN2O3/c1-17(19-7-5-6-10-23(19)27)28-25(30)18-13-15-29(16-14-18)26(31)22-11-12-24(32-2)21-9-4-3-8-20(21)22/h3-12,17-18H,13-16H2,1-2H3,(H,28,30)/t17-/m0/s1. The lowest BCUT2D eigenvalue weighted by atomic mass is 9.94. The number of hydrogen-bond donors (Lipinski definition) is 1. The van der Waals surface area contributed by atoms with Crippen molar-refractivity contribution in [1.29, 1.82) is 0 Å². The van der Waals surface area contributed by atoms with E-state index in [4.69, 9.17) is 16.3 Å². The van der Waals surface area contributed by atoms with Crippen LogP contribution in [0.5, 0.6) is 5.75 Å². The van der Waals surface area contributed by atoms with Gasteiger partial charge in [0.05, 0.1) is 13.2 Å². The van der Waals surface area contributed by atoms with Crippen LogP contribution in [0.4, 0.5) is 0 Å². The van der Waals surface area contributed by atoms with Crippen LogP contribution in [-0.4, -0.2) is 36.9 Å². The molecule has 0 aromatic heterocycles. The molecule has 0 unspecified atom stereocenters. The first-order valence-electron chi connectivity index (χ1n) is 10.9. The summed E-state index contributed by atoms with van der Waals surface area (Å²) in [5, 5.41) is 5.52. The molecule has 1 saturated heterocycles. The number of hydrogen-bond acceptors (Lipinski definition) is 3. The molecular weight excluding hydrogens is 424 g/mol. The molecule has 0 spiro atoms. The summed E-state index contributed by atoms with van der Waals surface area (Å²) in [5.74, 6) is 0.642. The molecule has 3 aromatic rings. The number of piperidine rings is 1. The van der Waals surface area contributed by atoms with E-state index in [1.807, 2.05) is 72.5 Å². The number of rotatable bonds is 5. The van der Waals surface area contributed by atoms with Crippen molar-refractivity contribution in [2.24, 2.45) is 5.92 Å². The molecule has 3 aromatic carbocycles. The van der Waals surface area contributed by atoms with Crippen molar-refractivity contribution in [2.45, 2.75) is 25.8 Å². The molecule has 166 valence electrons. The number of halogens is 1. The maximum Gasteiger partial charge on any atom is 0.254 e. The van der Waals surface area contributed by atoms with Gasteiger partial charge in [-0.1, -0.05) is 54.1 Å². The number of methoxy groups -OCH3 is 1. The largest absolute Gasteiger partial charge is 0.496 e. The Bertz CT molecular complexity index is 1140. The quantitative estimate of drug-likeness (QED) is 0.579. The van der Waals surface area contributed by atoms with Crippen LogP contribution < -0.4 is 10.1 Å². The predicted octanol–water partition coefficient (Wildman–Crippen LogP) is 5.23. The van der Waals surface area contributed by atoms with E-state index in [9.17, 15) is 9.59 Å². The Morgan fingerprint density at radius 1 is 1.00 bits per heavy atom. The molecule has 1 fully saturated rings. The molecule has 0 aliphatic carbocycles. The monoisotopic (exact) mass is 450 g/mol. The van der Waals surface area contributed by atoms with Crippen LogP contribution in [0.15, 0.2) is 60.7 Å². The van der Waals surface area contributed by atoms with Gasteiger partial charge in [0, 0.05) is 35.0 Å². The minimum absolute atomic E-state index is 0.00727. The zero-order chi connectivity index (χ0) is 22.7. The Hall–Kier alpha value is -3.05. The Morgan fingerprint density at radius 2 is 1.66 bits per heavy atom. The van der Waals surface area contributed by atoms with Gasteiger partial charge in [0.15, 0.2) is 0 Å². The second kappa shape index (κ2) is 9.61. The second-order valence-corrected chi connectivity index (χ2v) is 8.59.